The Kier molecular flexibility index (Phi) is 7.32. The van der Waals surface area contributed by atoms with Crippen LogP contribution in [0.1, 0.15) is 12.5 Å². The van der Waals surface area contributed by atoms with E-state index in [-0.39, 0.29) is 4.91 Å². The fraction of sp³-hybridized carbons (Fsp3) is 0.261. The van der Waals surface area contributed by atoms with Crippen molar-refractivity contribution >= 4 is 56.5 Å². The monoisotopic (exact) mass is 548 g/mol. The largest absolute Gasteiger partial charge is 0.492 e. The quantitative estimate of drug-likeness (QED) is 0.510. The van der Waals surface area contributed by atoms with E-state index in [9.17, 15) is 14.4 Å². The molecule has 3 amide bonds. The minimum Gasteiger partial charge on any atom is -0.492 e. The number of methoxy groups -OCH3 is 1. The normalized spacial score (nSPS) is 16.1. The van der Waals surface area contributed by atoms with E-state index in [1.54, 1.807) is 36.4 Å². The lowest BCUT2D eigenvalue weighted by atomic mass is 10.2. The van der Waals surface area contributed by atoms with Gasteiger partial charge in [0.25, 0.3) is 11.1 Å². The highest BCUT2D eigenvalue weighted by Crippen LogP contribution is 2.39. The van der Waals surface area contributed by atoms with Crippen LogP contribution < -0.4 is 24.3 Å². The first kappa shape index (κ1) is 24.0. The van der Waals surface area contributed by atoms with Crippen molar-refractivity contribution in [2.24, 2.45) is 0 Å². The van der Waals surface area contributed by atoms with E-state index in [0.717, 1.165) is 16.7 Å². The third-order valence-corrected chi connectivity index (χ3v) is 6.33. The molecule has 9 nitrogen and oxygen atoms in total. The van der Waals surface area contributed by atoms with Crippen molar-refractivity contribution in [2.45, 2.75) is 6.92 Å². The molecule has 178 valence electrons. The van der Waals surface area contributed by atoms with Crippen molar-refractivity contribution in [3.63, 3.8) is 0 Å². The summed E-state index contributed by atoms with van der Waals surface area (Å²) in [6, 6.07) is 8.46. The van der Waals surface area contributed by atoms with Crippen LogP contribution in [0.4, 0.5) is 10.5 Å². The van der Waals surface area contributed by atoms with Crippen molar-refractivity contribution in [1.29, 1.82) is 0 Å². The highest BCUT2D eigenvalue weighted by atomic mass is 79.9. The highest BCUT2D eigenvalue weighted by Gasteiger charge is 2.36. The van der Waals surface area contributed by atoms with Gasteiger partial charge in [-0.3, -0.25) is 19.3 Å². The molecular weight excluding hydrogens is 528 g/mol. The second kappa shape index (κ2) is 10.4. The molecule has 2 aromatic carbocycles. The number of nitrogens with zero attached hydrogens (tertiary/aromatic N) is 1. The number of ether oxygens (including phenoxy) is 4. The van der Waals surface area contributed by atoms with Crippen LogP contribution in [0.5, 0.6) is 23.0 Å². The summed E-state index contributed by atoms with van der Waals surface area (Å²) in [5, 5.41) is 2.16. The lowest BCUT2D eigenvalue weighted by molar-refractivity contribution is -0.127. The number of anilines is 1. The molecule has 34 heavy (non-hydrogen) atoms. The third kappa shape index (κ3) is 5.15. The van der Waals surface area contributed by atoms with E-state index >= 15 is 0 Å². The molecule has 0 aromatic heterocycles. The molecular formula is C23H21BrN2O7S. The zero-order chi connectivity index (χ0) is 24.2. The second-order valence-electron chi connectivity index (χ2n) is 7.14. The number of halogens is 1. The van der Waals surface area contributed by atoms with Crippen LogP contribution in [0.2, 0.25) is 0 Å². The maximum absolute atomic E-state index is 12.9. The maximum atomic E-state index is 12.9. The lowest BCUT2D eigenvalue weighted by Crippen LogP contribution is -2.36. The summed E-state index contributed by atoms with van der Waals surface area (Å²) in [5.74, 6) is 1.10. The minimum atomic E-state index is -0.544. The Morgan fingerprint density at radius 3 is 2.71 bits per heavy atom. The molecule has 0 bridgehead atoms. The van der Waals surface area contributed by atoms with Crippen LogP contribution in [0.3, 0.4) is 0 Å². The van der Waals surface area contributed by atoms with E-state index < -0.39 is 23.6 Å². The molecule has 2 aromatic rings. The number of carbonyl (C=O) groups excluding carboxylic acids is 3. The summed E-state index contributed by atoms with van der Waals surface area (Å²) in [6.45, 7) is 2.76. The molecule has 4 rings (SSSR count). The SMILES string of the molecule is CCOc1cc(/C=C2/SC(=O)N(CC(=O)Nc3ccc4c(c3)OCCO4)C2=O)cc(Br)c1OC. The third-order valence-electron chi connectivity index (χ3n) is 4.83. The number of imide groups is 1. The van der Waals surface area contributed by atoms with Gasteiger partial charge in [0.15, 0.2) is 23.0 Å². The lowest BCUT2D eigenvalue weighted by Gasteiger charge is -2.19. The number of carbonyl (C=O) groups is 3. The fourth-order valence-electron chi connectivity index (χ4n) is 3.39. The molecule has 11 heteroatoms. The van der Waals surface area contributed by atoms with E-state index in [2.05, 4.69) is 21.2 Å². The molecule has 0 aliphatic carbocycles. The Labute approximate surface area is 208 Å². The number of fused-ring (bicyclic) bond motifs is 1. The van der Waals surface area contributed by atoms with Gasteiger partial charge >= 0.3 is 0 Å². The Hall–Kier alpha value is -3.18. The summed E-state index contributed by atoms with van der Waals surface area (Å²) in [7, 11) is 1.53. The summed E-state index contributed by atoms with van der Waals surface area (Å²) in [4.78, 5) is 39.0. The van der Waals surface area contributed by atoms with Gasteiger partial charge in [0.05, 0.1) is 23.1 Å². The topological polar surface area (TPSA) is 103 Å². The predicted molar refractivity (Wildman–Crippen MR) is 131 cm³/mol. The number of thioether (sulfide) groups is 1. The van der Waals surface area contributed by atoms with Gasteiger partial charge in [-0.2, -0.15) is 0 Å². The van der Waals surface area contributed by atoms with E-state index in [1.807, 2.05) is 6.92 Å². The van der Waals surface area contributed by atoms with E-state index in [4.69, 9.17) is 18.9 Å². The van der Waals surface area contributed by atoms with Gasteiger partial charge in [-0.15, -0.1) is 0 Å². The number of amides is 3. The van der Waals surface area contributed by atoms with Gasteiger partial charge in [-0.05, 0) is 70.5 Å². The fourth-order valence-corrected chi connectivity index (χ4v) is 4.85. The van der Waals surface area contributed by atoms with E-state index in [0.29, 0.717) is 58.5 Å². The van der Waals surface area contributed by atoms with Gasteiger partial charge in [0, 0.05) is 11.8 Å². The molecule has 2 aliphatic rings. The Balaban J connectivity index is 1.46. The molecule has 0 spiro atoms. The molecule has 1 saturated heterocycles. The van der Waals surface area contributed by atoms with Crippen LogP contribution in [0, 0.1) is 0 Å². The number of hydrogen-bond acceptors (Lipinski definition) is 8. The number of rotatable bonds is 7. The van der Waals surface area contributed by atoms with Crippen molar-refractivity contribution in [1.82, 2.24) is 4.90 Å². The maximum Gasteiger partial charge on any atom is 0.294 e. The number of hydrogen-bond donors (Lipinski definition) is 1. The van der Waals surface area contributed by atoms with Crippen LogP contribution in [0.15, 0.2) is 39.7 Å². The van der Waals surface area contributed by atoms with Crippen molar-refractivity contribution in [3.05, 3.63) is 45.3 Å². The zero-order valence-electron chi connectivity index (χ0n) is 18.4. The predicted octanol–water partition coefficient (Wildman–Crippen LogP) is 4.30. The minimum absolute atomic E-state index is 0.205. The van der Waals surface area contributed by atoms with Gasteiger partial charge in [-0.25, -0.2) is 0 Å². The standard InChI is InChI=1S/C23H21BrN2O7S/c1-3-31-18-9-13(8-15(24)21(18)30-2)10-19-22(28)26(23(29)34-19)12-20(27)25-14-4-5-16-17(11-14)33-7-6-32-16/h4-5,8-11H,3,6-7,12H2,1-2H3,(H,25,27)/b19-10+. The molecule has 2 aliphatic heterocycles. The summed E-state index contributed by atoms with van der Waals surface area (Å²) in [5.41, 5.74) is 1.12. The molecule has 2 heterocycles. The van der Waals surface area contributed by atoms with Gasteiger partial charge in [0.1, 0.15) is 19.8 Å². The van der Waals surface area contributed by atoms with Crippen molar-refractivity contribution < 1.29 is 33.3 Å². The molecule has 1 fully saturated rings. The summed E-state index contributed by atoms with van der Waals surface area (Å²) in [6.07, 6.45) is 1.58. The second-order valence-corrected chi connectivity index (χ2v) is 8.99. The first-order valence-corrected chi connectivity index (χ1v) is 12.0. The molecule has 0 atom stereocenters. The first-order valence-electron chi connectivity index (χ1n) is 10.3. The Bertz CT molecular complexity index is 1180. The number of nitrogens with one attached hydrogen (secondary N) is 1. The van der Waals surface area contributed by atoms with Crippen LogP contribution in [-0.2, 0) is 9.59 Å². The highest BCUT2D eigenvalue weighted by molar-refractivity contribution is 9.10. The summed E-state index contributed by atoms with van der Waals surface area (Å²) >= 11 is 4.20. The average molecular weight is 549 g/mol. The van der Waals surface area contributed by atoms with Crippen LogP contribution >= 0.6 is 27.7 Å². The number of benzene rings is 2. The zero-order valence-corrected chi connectivity index (χ0v) is 20.8. The molecule has 0 unspecified atom stereocenters. The first-order chi connectivity index (χ1) is 16.4. The Morgan fingerprint density at radius 1 is 1.21 bits per heavy atom. The molecule has 0 radical (unpaired) electrons. The average Bonchev–Trinajstić information content (AvgIpc) is 3.06. The smallest absolute Gasteiger partial charge is 0.294 e. The van der Waals surface area contributed by atoms with Crippen LogP contribution in [-0.4, -0.2) is 55.4 Å². The van der Waals surface area contributed by atoms with Gasteiger partial charge in [-0.1, -0.05) is 0 Å². The van der Waals surface area contributed by atoms with Crippen molar-refractivity contribution in [3.8, 4) is 23.0 Å². The Morgan fingerprint density at radius 2 is 1.97 bits per heavy atom. The molecule has 0 saturated carbocycles. The van der Waals surface area contributed by atoms with Gasteiger partial charge in [0.2, 0.25) is 5.91 Å². The van der Waals surface area contributed by atoms with Gasteiger partial charge < -0.3 is 24.3 Å². The van der Waals surface area contributed by atoms with Crippen molar-refractivity contribution in [2.75, 3.05) is 38.8 Å². The van der Waals surface area contributed by atoms with Crippen LogP contribution in [0.25, 0.3) is 6.08 Å². The van der Waals surface area contributed by atoms with E-state index in [1.165, 1.54) is 7.11 Å². The summed E-state index contributed by atoms with van der Waals surface area (Å²) < 4.78 is 22.6. The molecule has 1 N–H and O–H groups in total.